The van der Waals surface area contributed by atoms with Gasteiger partial charge in [0.1, 0.15) is 11.9 Å². The molecule has 1 aliphatic heterocycles. The van der Waals surface area contributed by atoms with Crippen LogP contribution < -0.4 is 0 Å². The van der Waals surface area contributed by atoms with Crippen molar-refractivity contribution in [1.29, 1.82) is 0 Å². The van der Waals surface area contributed by atoms with Crippen LogP contribution in [0, 0.1) is 5.82 Å². The molecule has 0 unspecified atom stereocenters. The summed E-state index contributed by atoms with van der Waals surface area (Å²) in [5.41, 5.74) is 2.61. The first-order chi connectivity index (χ1) is 11.8. The third kappa shape index (κ3) is 3.88. The number of hydrogen-bond acceptors (Lipinski definition) is 6. The quantitative estimate of drug-likeness (QED) is 0.482. The number of hydrogen-bond donors (Lipinski definition) is 1. The highest BCUT2D eigenvalue weighted by molar-refractivity contribution is 7.80. The second-order valence-corrected chi connectivity index (χ2v) is 7.59. The molecule has 0 radical (unpaired) electrons. The molecule has 0 spiro atoms. The Labute approximate surface area is 148 Å². The molecule has 1 aliphatic rings. The number of benzene rings is 1. The predicted octanol–water partition coefficient (Wildman–Crippen LogP) is 2.23. The average molecular weight is 386 g/mol. The van der Waals surface area contributed by atoms with Crippen LogP contribution in [0.5, 0.6) is 0 Å². The molecule has 1 N–H and O–H groups in total. The summed E-state index contributed by atoms with van der Waals surface area (Å²) < 4.78 is 48.4. The van der Waals surface area contributed by atoms with Crippen LogP contribution in [-0.2, 0) is 26.0 Å². The summed E-state index contributed by atoms with van der Waals surface area (Å²) in [7, 11) is -3.00. The van der Waals surface area contributed by atoms with E-state index in [-0.39, 0.29) is 12.2 Å². The minimum absolute atomic E-state index is 0.221. The van der Waals surface area contributed by atoms with Crippen LogP contribution in [0.1, 0.15) is 16.5 Å². The van der Waals surface area contributed by atoms with Gasteiger partial charge in [0.05, 0.1) is 0 Å². The van der Waals surface area contributed by atoms with Crippen molar-refractivity contribution in [3.05, 3.63) is 45.9 Å². The van der Waals surface area contributed by atoms with Crippen molar-refractivity contribution >= 4 is 28.1 Å². The normalized spacial score (nSPS) is 18.0. The lowest BCUT2D eigenvalue weighted by atomic mass is 9.97. The lowest BCUT2D eigenvalue weighted by molar-refractivity contribution is -0.153. The lowest BCUT2D eigenvalue weighted by Gasteiger charge is -2.34. The molecule has 2 aromatic rings. The van der Waals surface area contributed by atoms with Gasteiger partial charge in [-0.2, -0.15) is 13.5 Å². The van der Waals surface area contributed by atoms with Gasteiger partial charge < -0.3 is 0 Å². The molecular formula is C15H15FN2O5S2. The number of carbonyl (C=O) groups excluding carboxylic acids is 1. The Balaban J connectivity index is 2.01. The maximum Gasteiger partial charge on any atom is 0.418 e. The summed E-state index contributed by atoms with van der Waals surface area (Å²) in [5, 5.41) is 2.47. The standard InChI is InChI=1S/C15H15FN2O5S2/c1-17-6-12-13(10-2-4-11(16)5-3-10)8-24-15(12)14(7-17)18(9-19)23-25(20,21)22/h2-5,8-9,14H,6-7H2,1H3,(H,20,21,22)/t14-/m0/s1. The number of fused-ring (bicyclic) bond motifs is 1. The van der Waals surface area contributed by atoms with Gasteiger partial charge in [0.2, 0.25) is 6.41 Å². The Kier molecular flexibility index (Phi) is 4.89. The second-order valence-electron chi connectivity index (χ2n) is 5.68. The number of likely N-dealkylation sites (N-methyl/N-ethyl adjacent to an activating group) is 1. The van der Waals surface area contributed by atoms with Crippen molar-refractivity contribution < 1.29 is 26.4 Å². The van der Waals surface area contributed by atoms with Crippen LogP contribution in [0.2, 0.25) is 0 Å². The molecule has 0 bridgehead atoms. The van der Waals surface area contributed by atoms with E-state index >= 15 is 0 Å². The Hall–Kier alpha value is -1.85. The van der Waals surface area contributed by atoms with Crippen molar-refractivity contribution in [2.45, 2.75) is 12.6 Å². The van der Waals surface area contributed by atoms with Crippen molar-refractivity contribution in [2.24, 2.45) is 0 Å². The third-order valence-corrected chi connectivity index (χ3v) is 5.37. The van der Waals surface area contributed by atoms with Gasteiger partial charge >= 0.3 is 10.4 Å². The molecule has 0 fully saturated rings. The van der Waals surface area contributed by atoms with Gasteiger partial charge in [-0.05, 0) is 41.3 Å². The number of nitrogens with zero attached hydrogens (tertiary/aromatic N) is 2. The molecule has 1 atom stereocenters. The number of thiophene rings is 1. The van der Waals surface area contributed by atoms with E-state index in [1.165, 1.54) is 23.5 Å². The monoisotopic (exact) mass is 386 g/mol. The van der Waals surface area contributed by atoms with Crippen LogP contribution in [0.3, 0.4) is 0 Å². The Morgan fingerprint density at radius 1 is 1.40 bits per heavy atom. The molecule has 10 heteroatoms. The molecule has 1 aromatic heterocycles. The van der Waals surface area contributed by atoms with Crippen LogP contribution in [0.25, 0.3) is 11.1 Å². The molecule has 134 valence electrons. The Morgan fingerprint density at radius 3 is 2.68 bits per heavy atom. The fourth-order valence-electron chi connectivity index (χ4n) is 2.87. The molecule has 1 aromatic carbocycles. The molecule has 0 aliphatic carbocycles. The van der Waals surface area contributed by atoms with Gasteiger partial charge in [-0.15, -0.1) is 15.6 Å². The minimum Gasteiger partial charge on any atom is -0.300 e. The summed E-state index contributed by atoms with van der Waals surface area (Å²) in [4.78, 5) is 13.9. The highest BCUT2D eigenvalue weighted by atomic mass is 32.3. The Morgan fingerprint density at radius 2 is 2.08 bits per heavy atom. The maximum absolute atomic E-state index is 13.2. The summed E-state index contributed by atoms with van der Waals surface area (Å²) in [5.74, 6) is -0.337. The topological polar surface area (TPSA) is 87.2 Å². The van der Waals surface area contributed by atoms with Crippen molar-refractivity contribution in [3.63, 3.8) is 0 Å². The number of rotatable bonds is 5. The molecule has 3 rings (SSSR count). The zero-order valence-corrected chi connectivity index (χ0v) is 14.8. The molecular weight excluding hydrogens is 371 g/mol. The highest BCUT2D eigenvalue weighted by Gasteiger charge is 2.34. The van der Waals surface area contributed by atoms with Crippen LogP contribution >= 0.6 is 11.3 Å². The predicted molar refractivity (Wildman–Crippen MR) is 89.3 cm³/mol. The summed E-state index contributed by atoms with van der Waals surface area (Å²) in [6, 6.07) is 5.36. The first-order valence-electron chi connectivity index (χ1n) is 7.24. The Bertz CT molecular complexity index is 882. The highest BCUT2D eigenvalue weighted by Crippen LogP contribution is 2.41. The van der Waals surface area contributed by atoms with E-state index in [2.05, 4.69) is 4.28 Å². The molecule has 7 nitrogen and oxygen atoms in total. The molecule has 25 heavy (non-hydrogen) atoms. The van der Waals surface area contributed by atoms with E-state index in [4.69, 9.17) is 4.55 Å². The first kappa shape index (κ1) is 18.0. The molecule has 1 amide bonds. The number of carbonyl (C=O) groups is 1. The van der Waals surface area contributed by atoms with Gasteiger partial charge in [-0.3, -0.25) is 14.2 Å². The van der Waals surface area contributed by atoms with Crippen molar-refractivity contribution in [3.8, 4) is 11.1 Å². The summed E-state index contributed by atoms with van der Waals surface area (Å²) in [6.07, 6.45) is 0.221. The van der Waals surface area contributed by atoms with Crippen LogP contribution in [0.15, 0.2) is 29.6 Å². The number of halogens is 1. The van der Waals surface area contributed by atoms with E-state index in [1.807, 2.05) is 17.3 Å². The second kappa shape index (κ2) is 6.81. The van der Waals surface area contributed by atoms with Crippen LogP contribution in [-0.4, -0.2) is 42.9 Å². The lowest BCUT2D eigenvalue weighted by Crippen LogP contribution is -2.40. The minimum atomic E-state index is -4.82. The average Bonchev–Trinajstić information content (AvgIpc) is 2.95. The largest absolute Gasteiger partial charge is 0.418 e. The van der Waals surface area contributed by atoms with Gasteiger partial charge in [0, 0.05) is 18.0 Å². The van der Waals surface area contributed by atoms with E-state index in [1.54, 1.807) is 12.1 Å². The van der Waals surface area contributed by atoms with E-state index in [0.29, 0.717) is 18.2 Å². The zero-order chi connectivity index (χ0) is 18.2. The summed E-state index contributed by atoms with van der Waals surface area (Å²) >= 11 is 1.35. The van der Waals surface area contributed by atoms with Gasteiger partial charge in [-0.1, -0.05) is 12.1 Å². The fraction of sp³-hybridized carbons (Fsp3) is 0.267. The smallest absolute Gasteiger partial charge is 0.300 e. The van der Waals surface area contributed by atoms with E-state index in [9.17, 15) is 17.6 Å². The summed E-state index contributed by atoms with van der Waals surface area (Å²) in [6.45, 7) is 0.922. The van der Waals surface area contributed by atoms with Crippen molar-refractivity contribution in [1.82, 2.24) is 9.96 Å². The first-order valence-corrected chi connectivity index (χ1v) is 9.48. The van der Waals surface area contributed by atoms with Gasteiger partial charge in [0.15, 0.2) is 0 Å². The van der Waals surface area contributed by atoms with E-state index < -0.39 is 16.4 Å². The van der Waals surface area contributed by atoms with E-state index in [0.717, 1.165) is 21.6 Å². The SMILES string of the molecule is CN1Cc2c(-c3ccc(F)cc3)csc2[C@@H](N(C=O)OS(=O)(=O)O)C1. The van der Waals surface area contributed by atoms with Crippen LogP contribution in [0.4, 0.5) is 4.39 Å². The van der Waals surface area contributed by atoms with Gasteiger partial charge in [-0.25, -0.2) is 4.39 Å². The van der Waals surface area contributed by atoms with Gasteiger partial charge in [0.25, 0.3) is 0 Å². The molecule has 0 saturated heterocycles. The molecule has 2 heterocycles. The maximum atomic E-state index is 13.2. The zero-order valence-electron chi connectivity index (χ0n) is 13.1. The molecule has 0 saturated carbocycles. The number of amides is 1. The third-order valence-electron chi connectivity index (χ3n) is 3.89. The number of hydroxylamine groups is 2. The fourth-order valence-corrected chi connectivity index (χ4v) is 4.40. The van der Waals surface area contributed by atoms with Crippen molar-refractivity contribution in [2.75, 3.05) is 13.6 Å².